The van der Waals surface area contributed by atoms with Gasteiger partial charge in [0.2, 0.25) is 6.41 Å². The number of carbonyl (C=O) groups excluding carboxylic acids is 1. The van der Waals surface area contributed by atoms with E-state index < -0.39 is 11.2 Å². The van der Waals surface area contributed by atoms with Crippen molar-refractivity contribution in [3.8, 4) is 0 Å². The van der Waals surface area contributed by atoms with Crippen molar-refractivity contribution in [1.82, 2.24) is 9.55 Å². The normalized spacial score (nSPS) is 8.56. The van der Waals surface area contributed by atoms with Gasteiger partial charge in [0.15, 0.2) is 0 Å². The minimum absolute atomic E-state index is 0.0825. The number of H-pyrrole nitrogens is 1. The van der Waals surface area contributed by atoms with Crippen LogP contribution in [-0.2, 0) is 16.6 Å². The first kappa shape index (κ1) is 13.4. The summed E-state index contributed by atoms with van der Waals surface area (Å²) in [5.41, 5.74) is 3.92. The topological polar surface area (TPSA) is 147 Å². The van der Waals surface area contributed by atoms with Crippen LogP contribution in [0.1, 0.15) is 0 Å². The third kappa shape index (κ3) is 2.97. The molecule has 88 valence electrons. The first-order chi connectivity index (χ1) is 7.49. The van der Waals surface area contributed by atoms with E-state index in [0.29, 0.717) is 6.41 Å². The highest BCUT2D eigenvalue weighted by atomic mass is 16.3. The fourth-order valence-electron chi connectivity index (χ4n) is 0.835. The third-order valence-corrected chi connectivity index (χ3v) is 1.57. The molecule has 9 heteroatoms. The van der Waals surface area contributed by atoms with Crippen LogP contribution in [0.2, 0.25) is 0 Å². The molecule has 0 bridgehead atoms. The summed E-state index contributed by atoms with van der Waals surface area (Å²) in [5.74, 6) is -0.0825. The Morgan fingerprint density at radius 2 is 1.94 bits per heavy atom. The molecule has 0 saturated heterocycles. The number of rotatable bonds is 2. The minimum atomic E-state index is -0.715. The van der Waals surface area contributed by atoms with Crippen molar-refractivity contribution < 1.29 is 14.7 Å². The molecule has 1 rings (SSSR count). The van der Waals surface area contributed by atoms with E-state index in [-0.39, 0.29) is 18.0 Å². The van der Waals surface area contributed by atoms with Crippen molar-refractivity contribution in [2.45, 2.75) is 0 Å². The zero-order valence-electron chi connectivity index (χ0n) is 8.26. The second kappa shape index (κ2) is 6.01. The maximum Gasteiger partial charge on any atom is 0.329 e. The maximum atomic E-state index is 11.0. The van der Waals surface area contributed by atoms with Gasteiger partial charge in [0.05, 0.1) is 0 Å². The van der Waals surface area contributed by atoms with E-state index in [1.165, 1.54) is 7.05 Å². The van der Waals surface area contributed by atoms with Crippen LogP contribution in [0.25, 0.3) is 0 Å². The number of anilines is 2. The Labute approximate surface area is 88.5 Å². The standard InChI is InChI=1S/C6H8N4O3.CH2O2/c1-10-4(7)3(8-2-11)5(12)9-6(10)13;2-1-3/h2H,7H2,1H3,(H,8,11)(H,9,12,13);1H,(H,2,3). The van der Waals surface area contributed by atoms with Crippen molar-refractivity contribution in [2.24, 2.45) is 7.05 Å². The predicted molar refractivity (Wildman–Crippen MR) is 55.1 cm³/mol. The highest BCUT2D eigenvalue weighted by Gasteiger charge is 2.07. The summed E-state index contributed by atoms with van der Waals surface area (Å²) in [6.07, 6.45) is 0.311. The van der Waals surface area contributed by atoms with Crippen LogP contribution in [0.15, 0.2) is 9.59 Å². The Kier molecular flexibility index (Phi) is 5.04. The predicted octanol–water partition coefficient (Wildman–Crippen LogP) is -2.08. The van der Waals surface area contributed by atoms with Gasteiger partial charge in [-0.1, -0.05) is 0 Å². The van der Waals surface area contributed by atoms with Crippen LogP contribution >= 0.6 is 0 Å². The van der Waals surface area contributed by atoms with Gasteiger partial charge in [-0.25, -0.2) is 4.79 Å². The SMILES string of the molecule is Cn1c(N)c(NC=O)c(=O)[nH]c1=O.O=CO. The van der Waals surface area contributed by atoms with Gasteiger partial charge in [0, 0.05) is 7.05 Å². The summed E-state index contributed by atoms with van der Waals surface area (Å²) in [4.78, 5) is 42.4. The highest BCUT2D eigenvalue weighted by Crippen LogP contribution is 2.05. The molecule has 0 fully saturated rings. The molecule has 1 aromatic heterocycles. The van der Waals surface area contributed by atoms with Crippen molar-refractivity contribution >= 4 is 24.4 Å². The minimum Gasteiger partial charge on any atom is -0.483 e. The molecule has 1 heterocycles. The Morgan fingerprint density at radius 3 is 2.38 bits per heavy atom. The third-order valence-electron chi connectivity index (χ3n) is 1.57. The van der Waals surface area contributed by atoms with E-state index in [2.05, 4.69) is 5.32 Å². The molecular formula is C7H10N4O5. The number of nitrogens with zero attached hydrogens (tertiary/aromatic N) is 1. The molecule has 9 nitrogen and oxygen atoms in total. The van der Waals surface area contributed by atoms with Gasteiger partial charge in [0.25, 0.3) is 12.0 Å². The van der Waals surface area contributed by atoms with Crippen molar-refractivity contribution in [3.63, 3.8) is 0 Å². The number of hydrogen-bond donors (Lipinski definition) is 4. The summed E-state index contributed by atoms with van der Waals surface area (Å²) in [6.45, 7) is -0.250. The molecule has 0 radical (unpaired) electrons. The average Bonchev–Trinajstić information content (AvgIpc) is 2.22. The number of nitrogen functional groups attached to an aromatic ring is 1. The number of nitrogens with two attached hydrogens (primary N) is 1. The van der Waals surface area contributed by atoms with Crippen LogP contribution in [0.4, 0.5) is 11.5 Å². The van der Waals surface area contributed by atoms with Crippen LogP contribution in [-0.4, -0.2) is 27.5 Å². The molecule has 0 aliphatic rings. The molecular weight excluding hydrogens is 220 g/mol. The zero-order valence-corrected chi connectivity index (χ0v) is 8.26. The second-order valence-electron chi connectivity index (χ2n) is 2.45. The van der Waals surface area contributed by atoms with Crippen molar-refractivity contribution in [3.05, 3.63) is 20.8 Å². The maximum absolute atomic E-state index is 11.0. The monoisotopic (exact) mass is 230 g/mol. The summed E-state index contributed by atoms with van der Waals surface area (Å²) in [7, 11) is 1.38. The van der Waals surface area contributed by atoms with Gasteiger partial charge in [-0.15, -0.1) is 0 Å². The van der Waals surface area contributed by atoms with Crippen LogP contribution < -0.4 is 22.3 Å². The molecule has 1 aromatic rings. The molecule has 0 aliphatic heterocycles. The number of hydrogen-bond acceptors (Lipinski definition) is 5. The number of aromatic amines is 1. The van der Waals surface area contributed by atoms with E-state index >= 15 is 0 Å². The molecule has 0 aromatic carbocycles. The fourth-order valence-corrected chi connectivity index (χ4v) is 0.835. The molecule has 0 unspecified atom stereocenters. The molecule has 16 heavy (non-hydrogen) atoms. The highest BCUT2D eigenvalue weighted by molar-refractivity contribution is 5.76. The van der Waals surface area contributed by atoms with Crippen molar-refractivity contribution in [2.75, 3.05) is 11.1 Å². The lowest BCUT2D eigenvalue weighted by atomic mass is 10.4. The molecule has 5 N–H and O–H groups in total. The van der Waals surface area contributed by atoms with Crippen LogP contribution in [0.3, 0.4) is 0 Å². The second-order valence-corrected chi connectivity index (χ2v) is 2.45. The van der Waals surface area contributed by atoms with E-state index in [9.17, 15) is 14.4 Å². The van der Waals surface area contributed by atoms with Crippen molar-refractivity contribution in [1.29, 1.82) is 0 Å². The Morgan fingerprint density at radius 1 is 1.44 bits per heavy atom. The van der Waals surface area contributed by atoms with Gasteiger partial charge < -0.3 is 16.2 Å². The number of nitrogens with one attached hydrogen (secondary N) is 2. The van der Waals surface area contributed by atoms with E-state index in [1.807, 2.05) is 4.98 Å². The Balaban J connectivity index is 0.000000673. The van der Waals surface area contributed by atoms with Crippen LogP contribution in [0, 0.1) is 0 Å². The lowest BCUT2D eigenvalue weighted by Gasteiger charge is -2.05. The van der Waals surface area contributed by atoms with Crippen LogP contribution in [0.5, 0.6) is 0 Å². The van der Waals surface area contributed by atoms with Gasteiger partial charge >= 0.3 is 5.69 Å². The summed E-state index contributed by atoms with van der Waals surface area (Å²) < 4.78 is 1.02. The molecule has 1 amide bonds. The Hall–Kier alpha value is -2.58. The van der Waals surface area contributed by atoms with E-state index in [1.54, 1.807) is 0 Å². The largest absolute Gasteiger partial charge is 0.483 e. The Bertz CT molecular complexity index is 489. The smallest absolute Gasteiger partial charge is 0.329 e. The number of carbonyl (C=O) groups is 2. The lowest BCUT2D eigenvalue weighted by molar-refractivity contribution is -0.122. The van der Waals surface area contributed by atoms with E-state index in [0.717, 1.165) is 4.57 Å². The quantitative estimate of drug-likeness (QED) is 0.429. The zero-order chi connectivity index (χ0) is 12.7. The summed E-state index contributed by atoms with van der Waals surface area (Å²) >= 11 is 0. The number of carboxylic acid groups (broad SMARTS) is 1. The van der Waals surface area contributed by atoms with Gasteiger partial charge in [-0.3, -0.25) is 23.9 Å². The first-order valence-corrected chi connectivity index (χ1v) is 3.86. The molecule has 0 atom stereocenters. The van der Waals surface area contributed by atoms with Gasteiger partial charge in [-0.05, 0) is 0 Å². The summed E-state index contributed by atoms with van der Waals surface area (Å²) in [5, 5.41) is 8.99. The molecule has 0 saturated carbocycles. The summed E-state index contributed by atoms with van der Waals surface area (Å²) in [6, 6.07) is 0. The number of amides is 1. The van der Waals surface area contributed by atoms with E-state index in [4.69, 9.17) is 15.6 Å². The lowest BCUT2D eigenvalue weighted by Crippen LogP contribution is -2.32. The molecule has 0 spiro atoms. The average molecular weight is 230 g/mol. The number of aromatic nitrogens is 2. The molecule has 0 aliphatic carbocycles. The van der Waals surface area contributed by atoms with Gasteiger partial charge in [-0.2, -0.15) is 0 Å². The fraction of sp³-hybridized carbons (Fsp3) is 0.143. The first-order valence-electron chi connectivity index (χ1n) is 3.86. The van der Waals surface area contributed by atoms with Gasteiger partial charge in [0.1, 0.15) is 11.5 Å².